The van der Waals surface area contributed by atoms with Gasteiger partial charge in [0, 0.05) is 18.3 Å². The summed E-state index contributed by atoms with van der Waals surface area (Å²) in [5, 5.41) is 1.27. The highest BCUT2D eigenvalue weighted by Gasteiger charge is 2.29. The van der Waals surface area contributed by atoms with E-state index in [1.165, 1.54) is 6.92 Å². The van der Waals surface area contributed by atoms with Crippen LogP contribution in [-0.4, -0.2) is 30.7 Å². The molecule has 1 unspecified atom stereocenters. The van der Waals surface area contributed by atoms with Crippen LogP contribution in [0.1, 0.15) is 26.3 Å². The van der Waals surface area contributed by atoms with Crippen molar-refractivity contribution in [3.05, 3.63) is 54.0 Å². The maximum absolute atomic E-state index is 13.0. The highest BCUT2D eigenvalue weighted by molar-refractivity contribution is 7.92. The number of hydrogen-bond acceptors (Lipinski definition) is 5. The van der Waals surface area contributed by atoms with Crippen LogP contribution in [-0.2, 0) is 21.2 Å². The van der Waals surface area contributed by atoms with Crippen molar-refractivity contribution in [2.24, 2.45) is 0 Å². The standard InChI is InChI=1S/C18H21FN2O4S/c1-12(2)25-18-14(5-4-10-20-18)11-21-17(22)13(3)26(23,24)16-8-6-15(19)7-9-16/h4-10,12-13H,11H2,1-3H3,(H,21,22). The Morgan fingerprint density at radius 2 is 1.85 bits per heavy atom. The lowest BCUT2D eigenvalue weighted by Crippen LogP contribution is -2.37. The number of nitrogens with one attached hydrogen (secondary N) is 1. The summed E-state index contributed by atoms with van der Waals surface area (Å²) in [6.45, 7) is 5.09. The number of ether oxygens (including phenoxy) is 1. The summed E-state index contributed by atoms with van der Waals surface area (Å²) >= 11 is 0. The van der Waals surface area contributed by atoms with Crippen molar-refractivity contribution in [1.82, 2.24) is 10.3 Å². The number of nitrogens with zero attached hydrogens (tertiary/aromatic N) is 1. The van der Waals surface area contributed by atoms with Gasteiger partial charge in [-0.2, -0.15) is 0 Å². The molecule has 26 heavy (non-hydrogen) atoms. The van der Waals surface area contributed by atoms with Gasteiger partial charge in [0.25, 0.3) is 0 Å². The number of rotatable bonds is 7. The minimum atomic E-state index is -3.91. The van der Waals surface area contributed by atoms with E-state index in [0.717, 1.165) is 24.3 Å². The number of carbonyl (C=O) groups excluding carboxylic acids is 1. The molecule has 1 atom stereocenters. The monoisotopic (exact) mass is 380 g/mol. The molecule has 0 aliphatic rings. The Bertz CT molecular complexity index is 867. The van der Waals surface area contributed by atoms with Crippen LogP contribution in [0.2, 0.25) is 0 Å². The summed E-state index contributed by atoms with van der Waals surface area (Å²) < 4.78 is 43.5. The molecule has 0 aliphatic heterocycles. The summed E-state index contributed by atoms with van der Waals surface area (Å²) in [5.74, 6) is -0.819. The third kappa shape index (κ3) is 4.78. The quantitative estimate of drug-likeness (QED) is 0.746. The van der Waals surface area contributed by atoms with Crippen LogP contribution in [0.15, 0.2) is 47.5 Å². The number of amides is 1. The van der Waals surface area contributed by atoms with E-state index >= 15 is 0 Å². The fourth-order valence-corrected chi connectivity index (χ4v) is 3.47. The van der Waals surface area contributed by atoms with Crippen LogP contribution in [0.4, 0.5) is 4.39 Å². The van der Waals surface area contributed by atoms with E-state index in [1.54, 1.807) is 18.3 Å². The van der Waals surface area contributed by atoms with Crippen molar-refractivity contribution in [3.63, 3.8) is 0 Å². The van der Waals surface area contributed by atoms with Crippen LogP contribution in [0, 0.1) is 5.82 Å². The molecule has 0 aliphatic carbocycles. The van der Waals surface area contributed by atoms with Gasteiger partial charge < -0.3 is 10.1 Å². The van der Waals surface area contributed by atoms with Gasteiger partial charge in [0.1, 0.15) is 11.1 Å². The zero-order valence-electron chi connectivity index (χ0n) is 14.8. The molecule has 0 radical (unpaired) electrons. The van der Waals surface area contributed by atoms with Gasteiger partial charge in [0.15, 0.2) is 9.84 Å². The molecule has 1 heterocycles. The maximum atomic E-state index is 13.0. The highest BCUT2D eigenvalue weighted by atomic mass is 32.2. The number of sulfone groups is 1. The first kappa shape index (κ1) is 19.8. The second-order valence-corrected chi connectivity index (χ2v) is 8.26. The molecular formula is C18H21FN2O4S. The Labute approximate surface area is 152 Å². The molecule has 6 nitrogen and oxygen atoms in total. The summed E-state index contributed by atoms with van der Waals surface area (Å²) in [6, 6.07) is 7.82. The molecule has 8 heteroatoms. The largest absolute Gasteiger partial charge is 0.475 e. The molecule has 0 saturated carbocycles. The van der Waals surface area contributed by atoms with Gasteiger partial charge in [-0.15, -0.1) is 0 Å². The van der Waals surface area contributed by atoms with Gasteiger partial charge in [-0.25, -0.2) is 17.8 Å². The fraction of sp³-hybridized carbons (Fsp3) is 0.333. The van der Waals surface area contributed by atoms with Crippen molar-refractivity contribution < 1.29 is 22.3 Å². The first-order valence-electron chi connectivity index (χ1n) is 8.09. The van der Waals surface area contributed by atoms with E-state index in [4.69, 9.17) is 4.74 Å². The van der Waals surface area contributed by atoms with Gasteiger partial charge in [-0.05, 0) is 51.1 Å². The lowest BCUT2D eigenvalue weighted by molar-refractivity contribution is -0.120. The molecule has 0 fully saturated rings. The van der Waals surface area contributed by atoms with Crippen molar-refractivity contribution in [2.45, 2.75) is 43.6 Å². The average molecular weight is 380 g/mol. The summed E-state index contributed by atoms with van der Waals surface area (Å²) in [5.41, 5.74) is 0.640. The number of aromatic nitrogens is 1. The second-order valence-electron chi connectivity index (χ2n) is 5.99. The summed E-state index contributed by atoms with van der Waals surface area (Å²) in [7, 11) is -3.91. The van der Waals surface area contributed by atoms with Gasteiger partial charge >= 0.3 is 0 Å². The predicted octanol–water partition coefficient (Wildman–Crippen LogP) is 2.49. The number of pyridine rings is 1. The van der Waals surface area contributed by atoms with Crippen molar-refractivity contribution >= 4 is 15.7 Å². The minimum absolute atomic E-state index is 0.0814. The van der Waals surface area contributed by atoms with E-state index in [9.17, 15) is 17.6 Å². The van der Waals surface area contributed by atoms with Gasteiger partial charge in [0.05, 0.1) is 11.0 Å². The molecule has 1 aromatic heterocycles. The van der Waals surface area contributed by atoms with E-state index in [-0.39, 0.29) is 17.5 Å². The molecule has 2 aromatic rings. The van der Waals surface area contributed by atoms with Gasteiger partial charge in [-0.3, -0.25) is 4.79 Å². The van der Waals surface area contributed by atoms with Gasteiger partial charge in [-0.1, -0.05) is 6.07 Å². The third-order valence-electron chi connectivity index (χ3n) is 3.63. The molecule has 0 bridgehead atoms. The first-order valence-corrected chi connectivity index (χ1v) is 9.64. The van der Waals surface area contributed by atoms with Gasteiger partial charge in [0.2, 0.25) is 11.8 Å². The minimum Gasteiger partial charge on any atom is -0.475 e. The number of carbonyl (C=O) groups is 1. The van der Waals surface area contributed by atoms with E-state index < -0.39 is 26.8 Å². The lowest BCUT2D eigenvalue weighted by Gasteiger charge is -2.15. The van der Waals surface area contributed by atoms with E-state index in [0.29, 0.717) is 11.4 Å². The first-order chi connectivity index (χ1) is 12.2. The Hall–Kier alpha value is -2.48. The highest BCUT2D eigenvalue weighted by Crippen LogP contribution is 2.18. The van der Waals surface area contributed by atoms with Crippen LogP contribution >= 0.6 is 0 Å². The SMILES string of the molecule is CC(C)Oc1ncccc1CNC(=O)C(C)S(=O)(=O)c1ccc(F)cc1. The third-order valence-corrected chi connectivity index (χ3v) is 5.70. The van der Waals surface area contributed by atoms with Crippen LogP contribution < -0.4 is 10.1 Å². The Kier molecular flexibility index (Phi) is 6.31. The molecule has 1 amide bonds. The van der Waals surface area contributed by atoms with E-state index in [1.807, 2.05) is 13.8 Å². The Morgan fingerprint density at radius 3 is 2.46 bits per heavy atom. The Balaban J connectivity index is 2.09. The molecule has 0 spiro atoms. The molecule has 1 N–H and O–H groups in total. The zero-order chi connectivity index (χ0) is 19.3. The lowest BCUT2D eigenvalue weighted by atomic mass is 10.2. The molecule has 1 aromatic carbocycles. The number of hydrogen-bond donors (Lipinski definition) is 1. The van der Waals surface area contributed by atoms with Crippen LogP contribution in [0.5, 0.6) is 5.88 Å². The number of benzene rings is 1. The molecule has 0 saturated heterocycles. The molecule has 2 rings (SSSR count). The van der Waals surface area contributed by atoms with Crippen molar-refractivity contribution in [1.29, 1.82) is 0 Å². The average Bonchev–Trinajstić information content (AvgIpc) is 2.60. The van der Waals surface area contributed by atoms with Crippen molar-refractivity contribution in [2.75, 3.05) is 0 Å². The predicted molar refractivity (Wildman–Crippen MR) is 94.9 cm³/mol. The zero-order valence-corrected chi connectivity index (χ0v) is 15.6. The second kappa shape index (κ2) is 8.27. The maximum Gasteiger partial charge on any atom is 0.238 e. The smallest absolute Gasteiger partial charge is 0.238 e. The molecular weight excluding hydrogens is 359 g/mol. The topological polar surface area (TPSA) is 85.4 Å². The summed E-state index contributed by atoms with van der Waals surface area (Å²) in [4.78, 5) is 16.3. The van der Waals surface area contributed by atoms with Crippen LogP contribution in [0.3, 0.4) is 0 Å². The van der Waals surface area contributed by atoms with Crippen LogP contribution in [0.25, 0.3) is 0 Å². The fourth-order valence-electron chi connectivity index (χ4n) is 2.18. The Morgan fingerprint density at radius 1 is 1.19 bits per heavy atom. The summed E-state index contributed by atoms with van der Waals surface area (Å²) in [6.07, 6.45) is 1.49. The molecule has 140 valence electrons. The number of halogens is 1. The normalized spacial score (nSPS) is 12.7. The van der Waals surface area contributed by atoms with E-state index in [2.05, 4.69) is 10.3 Å². The van der Waals surface area contributed by atoms with Crippen molar-refractivity contribution in [3.8, 4) is 5.88 Å².